The number of benzene rings is 1. The van der Waals surface area contributed by atoms with E-state index in [1.54, 1.807) is 4.90 Å². The highest BCUT2D eigenvalue weighted by Crippen LogP contribution is 2.23. The number of hydrogen-bond acceptors (Lipinski definition) is 3. The fourth-order valence-corrected chi connectivity index (χ4v) is 2.07. The molecule has 1 amide bonds. The minimum Gasteiger partial charge on any atom is -0.396 e. The van der Waals surface area contributed by atoms with Crippen LogP contribution < -0.4 is 4.90 Å². The Kier molecular flexibility index (Phi) is 3.76. The molecule has 0 aliphatic carbocycles. The molecular weight excluding hydrogens is 218 g/mol. The van der Waals surface area contributed by atoms with Gasteiger partial charge in [0.1, 0.15) is 6.10 Å². The molecule has 1 aromatic rings. The number of hydrogen-bond donors (Lipinski definition) is 1. The van der Waals surface area contributed by atoms with Crippen LogP contribution in [0.1, 0.15) is 12.0 Å². The molecule has 0 aromatic heterocycles. The molecule has 0 radical (unpaired) electrons. The van der Waals surface area contributed by atoms with Gasteiger partial charge in [0.25, 0.3) is 5.91 Å². The van der Waals surface area contributed by atoms with Crippen molar-refractivity contribution in [2.75, 3.05) is 24.7 Å². The zero-order chi connectivity index (χ0) is 12.3. The van der Waals surface area contributed by atoms with E-state index in [1.165, 1.54) is 0 Å². The highest BCUT2D eigenvalue weighted by Gasteiger charge is 2.30. The number of aliphatic hydroxyl groups is 1. The molecule has 1 aliphatic heterocycles. The number of para-hydroxylation sites is 1. The molecule has 1 fully saturated rings. The van der Waals surface area contributed by atoms with Gasteiger partial charge in [-0.05, 0) is 18.6 Å². The third kappa shape index (κ3) is 2.48. The predicted molar refractivity (Wildman–Crippen MR) is 65.0 cm³/mol. The number of ether oxygens (including phenoxy) is 1. The van der Waals surface area contributed by atoms with Crippen LogP contribution in [0.4, 0.5) is 5.69 Å². The van der Waals surface area contributed by atoms with E-state index in [9.17, 15) is 4.79 Å². The number of aliphatic hydroxyl groups excluding tert-OH is 1. The number of amides is 1. The fourth-order valence-electron chi connectivity index (χ4n) is 2.07. The second-order valence-corrected chi connectivity index (χ2v) is 4.15. The van der Waals surface area contributed by atoms with Gasteiger partial charge in [-0.2, -0.15) is 0 Å². The van der Waals surface area contributed by atoms with Crippen LogP contribution in [0.3, 0.4) is 0 Å². The maximum atomic E-state index is 12.2. The van der Waals surface area contributed by atoms with Gasteiger partial charge in [0.15, 0.2) is 0 Å². The average molecular weight is 235 g/mol. The molecule has 92 valence electrons. The second-order valence-electron chi connectivity index (χ2n) is 4.15. The number of aryl methyl sites for hydroxylation is 1. The lowest BCUT2D eigenvalue weighted by Crippen LogP contribution is -2.48. The van der Waals surface area contributed by atoms with Crippen LogP contribution in [-0.4, -0.2) is 36.9 Å². The first kappa shape index (κ1) is 12.1. The van der Waals surface area contributed by atoms with Crippen molar-refractivity contribution in [1.29, 1.82) is 0 Å². The summed E-state index contributed by atoms with van der Waals surface area (Å²) in [7, 11) is 0. The molecule has 1 aliphatic rings. The number of anilines is 1. The first-order chi connectivity index (χ1) is 8.24. The van der Waals surface area contributed by atoms with Gasteiger partial charge in [0, 0.05) is 25.3 Å². The van der Waals surface area contributed by atoms with E-state index >= 15 is 0 Å². The van der Waals surface area contributed by atoms with Crippen LogP contribution >= 0.6 is 0 Å². The predicted octanol–water partition coefficient (Wildman–Crippen LogP) is 1.11. The third-order valence-corrected chi connectivity index (χ3v) is 2.97. The number of carbonyl (C=O) groups is 1. The summed E-state index contributed by atoms with van der Waals surface area (Å²) >= 11 is 0. The minimum atomic E-state index is -0.506. The van der Waals surface area contributed by atoms with Crippen molar-refractivity contribution in [3.63, 3.8) is 0 Å². The van der Waals surface area contributed by atoms with Gasteiger partial charge in [-0.1, -0.05) is 18.2 Å². The zero-order valence-corrected chi connectivity index (χ0v) is 9.93. The Hall–Kier alpha value is -1.39. The van der Waals surface area contributed by atoms with Crippen molar-refractivity contribution in [2.45, 2.75) is 19.4 Å². The van der Waals surface area contributed by atoms with Crippen molar-refractivity contribution in [3.05, 3.63) is 29.8 Å². The summed E-state index contributed by atoms with van der Waals surface area (Å²) in [6.07, 6.45) is -0.144. The molecule has 1 atom stereocenters. The lowest BCUT2D eigenvalue weighted by molar-refractivity contribution is -0.134. The van der Waals surface area contributed by atoms with Gasteiger partial charge in [-0.25, -0.2) is 0 Å². The number of nitrogens with zero attached hydrogens (tertiary/aromatic N) is 1. The lowest BCUT2D eigenvalue weighted by Gasteiger charge is -2.33. The smallest absolute Gasteiger partial charge is 0.256 e. The van der Waals surface area contributed by atoms with Crippen molar-refractivity contribution in [3.8, 4) is 0 Å². The van der Waals surface area contributed by atoms with Crippen LogP contribution in [0.5, 0.6) is 0 Å². The molecule has 1 saturated heterocycles. The molecule has 1 unspecified atom stereocenters. The van der Waals surface area contributed by atoms with E-state index in [1.807, 2.05) is 31.2 Å². The Bertz CT molecular complexity index is 403. The normalized spacial score (nSPS) is 20.7. The van der Waals surface area contributed by atoms with Crippen molar-refractivity contribution < 1.29 is 14.6 Å². The Balaban J connectivity index is 2.21. The molecule has 4 heteroatoms. The van der Waals surface area contributed by atoms with E-state index in [4.69, 9.17) is 9.84 Å². The van der Waals surface area contributed by atoms with Crippen molar-refractivity contribution in [1.82, 2.24) is 0 Å². The molecule has 1 aromatic carbocycles. The van der Waals surface area contributed by atoms with Gasteiger partial charge in [0.05, 0.1) is 6.61 Å². The van der Waals surface area contributed by atoms with Gasteiger partial charge >= 0.3 is 0 Å². The molecule has 0 bridgehead atoms. The van der Waals surface area contributed by atoms with Crippen molar-refractivity contribution >= 4 is 11.6 Å². The van der Waals surface area contributed by atoms with Crippen LogP contribution in [0, 0.1) is 6.92 Å². The van der Waals surface area contributed by atoms with E-state index in [0.717, 1.165) is 11.3 Å². The fraction of sp³-hybridized carbons (Fsp3) is 0.462. The molecular formula is C13H17NO3. The molecule has 0 saturated carbocycles. The summed E-state index contributed by atoms with van der Waals surface area (Å²) in [6, 6.07) is 7.80. The summed E-state index contributed by atoms with van der Waals surface area (Å²) in [5, 5.41) is 8.90. The largest absolute Gasteiger partial charge is 0.396 e. The summed E-state index contributed by atoms with van der Waals surface area (Å²) in [5.74, 6) is -0.0559. The van der Waals surface area contributed by atoms with Crippen molar-refractivity contribution in [2.24, 2.45) is 0 Å². The third-order valence-electron chi connectivity index (χ3n) is 2.97. The molecule has 4 nitrogen and oxygen atoms in total. The van der Waals surface area contributed by atoms with E-state index in [0.29, 0.717) is 19.6 Å². The number of morpholine rings is 1. The average Bonchev–Trinajstić information content (AvgIpc) is 2.33. The summed E-state index contributed by atoms with van der Waals surface area (Å²) in [4.78, 5) is 13.9. The maximum absolute atomic E-state index is 12.2. The highest BCUT2D eigenvalue weighted by atomic mass is 16.5. The van der Waals surface area contributed by atoms with Gasteiger partial charge in [-0.3, -0.25) is 4.79 Å². The SMILES string of the molecule is Cc1ccccc1N1CCOC(CCO)C1=O. The first-order valence-corrected chi connectivity index (χ1v) is 5.83. The second kappa shape index (κ2) is 5.29. The molecule has 2 rings (SSSR count). The van der Waals surface area contributed by atoms with Crippen LogP contribution in [0.25, 0.3) is 0 Å². The Morgan fingerprint density at radius 3 is 2.94 bits per heavy atom. The van der Waals surface area contributed by atoms with Gasteiger partial charge in [-0.15, -0.1) is 0 Å². The molecule has 17 heavy (non-hydrogen) atoms. The number of carbonyl (C=O) groups excluding carboxylic acids is 1. The standard InChI is InChI=1S/C13H17NO3/c1-10-4-2-3-5-11(10)14-7-9-17-12(6-8-15)13(14)16/h2-5,12,15H,6-9H2,1H3. The summed E-state index contributed by atoms with van der Waals surface area (Å²) in [5.41, 5.74) is 2.01. The molecule has 1 heterocycles. The Morgan fingerprint density at radius 1 is 1.47 bits per heavy atom. The molecule has 1 N–H and O–H groups in total. The topological polar surface area (TPSA) is 49.8 Å². The van der Waals surface area contributed by atoms with Gasteiger partial charge in [0.2, 0.25) is 0 Å². The number of rotatable bonds is 3. The van der Waals surface area contributed by atoms with Crippen LogP contribution in [0.15, 0.2) is 24.3 Å². The van der Waals surface area contributed by atoms with E-state index in [2.05, 4.69) is 0 Å². The summed E-state index contributed by atoms with van der Waals surface area (Å²) in [6.45, 7) is 3.05. The monoisotopic (exact) mass is 235 g/mol. The van der Waals surface area contributed by atoms with Crippen LogP contribution in [-0.2, 0) is 9.53 Å². The Morgan fingerprint density at radius 2 is 2.24 bits per heavy atom. The summed E-state index contributed by atoms with van der Waals surface area (Å²) < 4.78 is 5.37. The van der Waals surface area contributed by atoms with E-state index < -0.39 is 6.10 Å². The minimum absolute atomic E-state index is 0.0297. The Labute approximate surface area is 101 Å². The quantitative estimate of drug-likeness (QED) is 0.853. The lowest BCUT2D eigenvalue weighted by atomic mass is 10.1. The maximum Gasteiger partial charge on any atom is 0.256 e. The van der Waals surface area contributed by atoms with Gasteiger partial charge < -0.3 is 14.7 Å². The van der Waals surface area contributed by atoms with Crippen LogP contribution in [0.2, 0.25) is 0 Å². The zero-order valence-electron chi connectivity index (χ0n) is 9.93. The highest BCUT2D eigenvalue weighted by molar-refractivity contribution is 5.97. The van der Waals surface area contributed by atoms with E-state index in [-0.39, 0.29) is 12.5 Å². The first-order valence-electron chi connectivity index (χ1n) is 5.83. The molecule has 0 spiro atoms.